The molecule has 0 atom stereocenters. The second-order valence-electron chi connectivity index (χ2n) is 4.26. The highest BCUT2D eigenvalue weighted by molar-refractivity contribution is 5.74. The fraction of sp³-hybridized carbons (Fsp3) is 0.583. The Morgan fingerprint density at radius 1 is 1.29 bits per heavy atom. The zero-order valence-electron chi connectivity index (χ0n) is 9.93. The van der Waals surface area contributed by atoms with Crippen LogP contribution in [0.25, 0.3) is 0 Å². The van der Waals surface area contributed by atoms with Crippen molar-refractivity contribution in [1.82, 2.24) is 20.2 Å². The first kappa shape index (κ1) is 11.8. The van der Waals surface area contributed by atoms with Crippen LogP contribution in [-0.2, 0) is 6.54 Å². The molecular weight excluding hydrogens is 216 g/mol. The van der Waals surface area contributed by atoms with Crippen molar-refractivity contribution < 1.29 is 4.79 Å². The largest absolute Gasteiger partial charge is 0.332 e. The van der Waals surface area contributed by atoms with E-state index < -0.39 is 0 Å². The van der Waals surface area contributed by atoms with Crippen molar-refractivity contribution in [3.8, 4) is 0 Å². The third kappa shape index (κ3) is 3.69. The summed E-state index contributed by atoms with van der Waals surface area (Å²) in [6.07, 6.45) is 7.86. The summed E-state index contributed by atoms with van der Waals surface area (Å²) in [7, 11) is 0. The van der Waals surface area contributed by atoms with Crippen LogP contribution in [-0.4, -0.2) is 34.0 Å². The van der Waals surface area contributed by atoms with Crippen LogP contribution in [0.3, 0.4) is 0 Å². The minimum absolute atomic E-state index is 0.0190. The molecule has 0 radical (unpaired) electrons. The van der Waals surface area contributed by atoms with E-state index in [1.165, 1.54) is 19.2 Å². The van der Waals surface area contributed by atoms with Gasteiger partial charge in [-0.1, -0.05) is 12.8 Å². The Morgan fingerprint density at radius 3 is 2.71 bits per heavy atom. The molecule has 1 aliphatic heterocycles. The van der Waals surface area contributed by atoms with Gasteiger partial charge in [0.05, 0.1) is 12.2 Å². The molecule has 5 heteroatoms. The quantitative estimate of drug-likeness (QED) is 0.844. The molecule has 2 rings (SSSR count). The Balaban J connectivity index is 1.80. The number of nitrogens with one attached hydrogen (secondary N) is 1. The molecule has 1 fully saturated rings. The molecule has 0 aliphatic carbocycles. The molecule has 0 unspecified atom stereocenters. The van der Waals surface area contributed by atoms with Gasteiger partial charge in [-0.2, -0.15) is 0 Å². The fourth-order valence-corrected chi connectivity index (χ4v) is 1.97. The van der Waals surface area contributed by atoms with Gasteiger partial charge in [0.1, 0.15) is 6.33 Å². The van der Waals surface area contributed by atoms with E-state index in [0.29, 0.717) is 6.54 Å². The van der Waals surface area contributed by atoms with E-state index in [4.69, 9.17) is 0 Å². The van der Waals surface area contributed by atoms with Gasteiger partial charge in [-0.05, 0) is 18.9 Å². The van der Waals surface area contributed by atoms with Crippen LogP contribution in [0.15, 0.2) is 18.6 Å². The lowest BCUT2D eigenvalue weighted by molar-refractivity contribution is 0.199. The van der Waals surface area contributed by atoms with E-state index in [2.05, 4.69) is 15.3 Å². The second kappa shape index (κ2) is 6.18. The zero-order valence-corrected chi connectivity index (χ0v) is 9.93. The molecule has 92 valence electrons. The summed E-state index contributed by atoms with van der Waals surface area (Å²) in [6, 6.07) is 1.83. The number of carbonyl (C=O) groups excluding carboxylic acids is 1. The standard InChI is InChI=1S/C12H18N4O/c17-12(16-7-3-1-2-4-8-16)14-9-11-5-6-13-10-15-11/h5-6,10H,1-4,7-9H2,(H,14,17). The van der Waals surface area contributed by atoms with Crippen LogP contribution < -0.4 is 5.32 Å². The molecule has 2 heterocycles. The molecule has 5 nitrogen and oxygen atoms in total. The highest BCUT2D eigenvalue weighted by atomic mass is 16.2. The van der Waals surface area contributed by atoms with E-state index >= 15 is 0 Å². The lowest BCUT2D eigenvalue weighted by Gasteiger charge is -2.20. The minimum Gasteiger partial charge on any atom is -0.332 e. The fourth-order valence-electron chi connectivity index (χ4n) is 1.97. The summed E-state index contributed by atoms with van der Waals surface area (Å²) in [4.78, 5) is 21.7. The van der Waals surface area contributed by atoms with Crippen LogP contribution in [0.2, 0.25) is 0 Å². The average Bonchev–Trinajstić information content (AvgIpc) is 2.66. The van der Waals surface area contributed by atoms with E-state index in [1.807, 2.05) is 11.0 Å². The van der Waals surface area contributed by atoms with Crippen LogP contribution >= 0.6 is 0 Å². The highest BCUT2D eigenvalue weighted by Gasteiger charge is 2.14. The molecule has 0 bridgehead atoms. The second-order valence-corrected chi connectivity index (χ2v) is 4.26. The van der Waals surface area contributed by atoms with Crippen molar-refractivity contribution in [3.05, 3.63) is 24.3 Å². The molecule has 1 aromatic heterocycles. The molecule has 17 heavy (non-hydrogen) atoms. The van der Waals surface area contributed by atoms with Crippen molar-refractivity contribution in [1.29, 1.82) is 0 Å². The third-order valence-corrected chi connectivity index (χ3v) is 2.96. The lowest BCUT2D eigenvalue weighted by Crippen LogP contribution is -2.40. The number of rotatable bonds is 2. The lowest BCUT2D eigenvalue weighted by atomic mass is 10.2. The normalized spacial score (nSPS) is 16.4. The molecule has 1 aliphatic rings. The maximum atomic E-state index is 11.9. The summed E-state index contributed by atoms with van der Waals surface area (Å²) in [5.41, 5.74) is 0.836. The van der Waals surface area contributed by atoms with E-state index in [-0.39, 0.29) is 6.03 Å². The minimum atomic E-state index is 0.0190. The summed E-state index contributed by atoms with van der Waals surface area (Å²) in [5, 5.41) is 2.89. The van der Waals surface area contributed by atoms with Gasteiger partial charge in [0.25, 0.3) is 0 Å². The first-order chi connectivity index (χ1) is 8.36. The van der Waals surface area contributed by atoms with Crippen LogP contribution in [0.1, 0.15) is 31.4 Å². The molecule has 1 N–H and O–H groups in total. The van der Waals surface area contributed by atoms with Gasteiger partial charge < -0.3 is 10.2 Å². The number of hydrogen-bond acceptors (Lipinski definition) is 3. The first-order valence-corrected chi connectivity index (χ1v) is 6.14. The monoisotopic (exact) mass is 234 g/mol. The molecule has 1 aromatic rings. The maximum Gasteiger partial charge on any atom is 0.317 e. The van der Waals surface area contributed by atoms with Crippen molar-refractivity contribution in [2.75, 3.05) is 13.1 Å². The summed E-state index contributed by atoms with van der Waals surface area (Å²) < 4.78 is 0. The van der Waals surface area contributed by atoms with Gasteiger partial charge in [-0.25, -0.2) is 14.8 Å². The summed E-state index contributed by atoms with van der Waals surface area (Å²) in [6.45, 7) is 2.21. The maximum absolute atomic E-state index is 11.9. The summed E-state index contributed by atoms with van der Waals surface area (Å²) in [5.74, 6) is 0. The van der Waals surface area contributed by atoms with Gasteiger partial charge in [0.2, 0.25) is 0 Å². The Bertz CT molecular complexity index is 347. The molecular formula is C12H18N4O. The average molecular weight is 234 g/mol. The van der Waals surface area contributed by atoms with Gasteiger partial charge >= 0.3 is 6.03 Å². The number of amides is 2. The number of likely N-dealkylation sites (tertiary alicyclic amines) is 1. The Labute approximate surface area is 101 Å². The number of nitrogens with zero attached hydrogens (tertiary/aromatic N) is 3. The molecule has 0 aromatic carbocycles. The van der Waals surface area contributed by atoms with Crippen LogP contribution in [0.4, 0.5) is 4.79 Å². The number of hydrogen-bond donors (Lipinski definition) is 1. The molecule has 1 saturated heterocycles. The third-order valence-electron chi connectivity index (χ3n) is 2.96. The zero-order chi connectivity index (χ0) is 11.9. The van der Waals surface area contributed by atoms with Crippen molar-refractivity contribution in [2.45, 2.75) is 32.2 Å². The van der Waals surface area contributed by atoms with Crippen molar-refractivity contribution >= 4 is 6.03 Å². The number of aromatic nitrogens is 2. The predicted molar refractivity (Wildman–Crippen MR) is 64.3 cm³/mol. The van der Waals surface area contributed by atoms with E-state index in [9.17, 15) is 4.79 Å². The Morgan fingerprint density at radius 2 is 2.06 bits per heavy atom. The molecule has 2 amide bonds. The highest BCUT2D eigenvalue weighted by Crippen LogP contribution is 2.09. The number of urea groups is 1. The molecule has 0 spiro atoms. The van der Waals surface area contributed by atoms with Crippen molar-refractivity contribution in [3.63, 3.8) is 0 Å². The van der Waals surface area contributed by atoms with Gasteiger partial charge in [-0.3, -0.25) is 0 Å². The van der Waals surface area contributed by atoms with Gasteiger partial charge in [-0.15, -0.1) is 0 Å². The Hall–Kier alpha value is -1.65. The Kier molecular flexibility index (Phi) is 4.30. The summed E-state index contributed by atoms with van der Waals surface area (Å²) >= 11 is 0. The first-order valence-electron chi connectivity index (χ1n) is 6.14. The number of carbonyl (C=O) groups is 1. The smallest absolute Gasteiger partial charge is 0.317 e. The van der Waals surface area contributed by atoms with Gasteiger partial charge in [0, 0.05) is 19.3 Å². The van der Waals surface area contributed by atoms with E-state index in [1.54, 1.807) is 6.20 Å². The SMILES string of the molecule is O=C(NCc1ccncn1)N1CCCCCC1. The predicted octanol–water partition coefficient (Wildman–Crippen LogP) is 1.56. The molecule has 0 saturated carbocycles. The van der Waals surface area contributed by atoms with Crippen molar-refractivity contribution in [2.24, 2.45) is 0 Å². The topological polar surface area (TPSA) is 58.1 Å². The van der Waals surface area contributed by atoms with Gasteiger partial charge in [0.15, 0.2) is 0 Å². The van der Waals surface area contributed by atoms with Crippen LogP contribution in [0, 0.1) is 0 Å². The van der Waals surface area contributed by atoms with E-state index in [0.717, 1.165) is 31.6 Å². The van der Waals surface area contributed by atoms with Crippen LogP contribution in [0.5, 0.6) is 0 Å².